The third-order valence-corrected chi connectivity index (χ3v) is 9.42. The van der Waals surface area contributed by atoms with Gasteiger partial charge in [0.1, 0.15) is 0 Å². The zero-order valence-electron chi connectivity index (χ0n) is 25.3. The SMILES string of the molecule is c1ccc(-c2c3ccccc3c(-c3ccc4cccc(-c5cccc(-c6ccc7ccccc7c6)c5)c4c3)c3ccccc23)cc1. The lowest BCUT2D eigenvalue weighted by Crippen LogP contribution is -1.91. The van der Waals surface area contributed by atoms with Crippen LogP contribution in [0.1, 0.15) is 0 Å². The van der Waals surface area contributed by atoms with Crippen LogP contribution in [0.2, 0.25) is 0 Å². The molecule has 0 heterocycles. The van der Waals surface area contributed by atoms with Gasteiger partial charge >= 0.3 is 0 Å². The molecular weight excluding hydrogens is 553 g/mol. The monoisotopic (exact) mass is 582 g/mol. The molecule has 0 radical (unpaired) electrons. The molecule has 0 aliphatic heterocycles. The lowest BCUT2D eigenvalue weighted by atomic mass is 9.85. The van der Waals surface area contributed by atoms with Crippen LogP contribution in [0, 0.1) is 0 Å². The minimum atomic E-state index is 1.22. The third-order valence-electron chi connectivity index (χ3n) is 9.42. The average Bonchev–Trinajstić information content (AvgIpc) is 3.13. The number of benzene rings is 9. The molecule has 0 saturated heterocycles. The first kappa shape index (κ1) is 26.4. The maximum Gasteiger partial charge on any atom is -0.00261 e. The van der Waals surface area contributed by atoms with Crippen molar-refractivity contribution in [2.75, 3.05) is 0 Å². The van der Waals surface area contributed by atoms with Gasteiger partial charge in [0.2, 0.25) is 0 Å². The molecule has 0 saturated carbocycles. The fraction of sp³-hybridized carbons (Fsp3) is 0. The highest BCUT2D eigenvalue weighted by Gasteiger charge is 2.17. The highest BCUT2D eigenvalue weighted by atomic mass is 14.2. The molecule has 0 aromatic heterocycles. The van der Waals surface area contributed by atoms with Crippen molar-refractivity contribution in [1.29, 1.82) is 0 Å². The second kappa shape index (κ2) is 10.9. The molecule has 0 unspecified atom stereocenters. The molecule has 9 rings (SSSR count). The Hall–Kier alpha value is -5.98. The summed E-state index contributed by atoms with van der Waals surface area (Å²) in [6.07, 6.45) is 0. The summed E-state index contributed by atoms with van der Waals surface area (Å²) in [4.78, 5) is 0. The Labute approximate surface area is 268 Å². The molecule has 9 aromatic carbocycles. The molecule has 0 aliphatic rings. The topological polar surface area (TPSA) is 0 Å². The van der Waals surface area contributed by atoms with Crippen molar-refractivity contribution in [3.8, 4) is 44.5 Å². The van der Waals surface area contributed by atoms with E-state index in [1.54, 1.807) is 0 Å². The van der Waals surface area contributed by atoms with Gasteiger partial charge in [0.25, 0.3) is 0 Å². The lowest BCUT2D eigenvalue weighted by molar-refractivity contribution is 1.62. The molecule has 0 bridgehead atoms. The predicted octanol–water partition coefficient (Wildman–Crippen LogP) is 13.0. The van der Waals surface area contributed by atoms with Gasteiger partial charge in [-0.2, -0.15) is 0 Å². The van der Waals surface area contributed by atoms with Gasteiger partial charge in [0, 0.05) is 0 Å². The summed E-state index contributed by atoms with van der Waals surface area (Å²) in [7, 11) is 0. The van der Waals surface area contributed by atoms with E-state index in [1.807, 2.05) is 0 Å². The molecule has 0 spiro atoms. The Balaban J connectivity index is 1.25. The van der Waals surface area contributed by atoms with Gasteiger partial charge in [-0.15, -0.1) is 0 Å². The van der Waals surface area contributed by atoms with Crippen molar-refractivity contribution < 1.29 is 0 Å². The van der Waals surface area contributed by atoms with Crippen molar-refractivity contribution in [3.05, 3.63) is 182 Å². The van der Waals surface area contributed by atoms with Gasteiger partial charge in [0.15, 0.2) is 0 Å². The van der Waals surface area contributed by atoms with Gasteiger partial charge in [0.05, 0.1) is 0 Å². The minimum absolute atomic E-state index is 1.22. The summed E-state index contributed by atoms with van der Waals surface area (Å²) in [5.74, 6) is 0. The van der Waals surface area contributed by atoms with Crippen LogP contribution in [-0.4, -0.2) is 0 Å². The predicted molar refractivity (Wildman–Crippen MR) is 198 cm³/mol. The van der Waals surface area contributed by atoms with E-state index in [0.29, 0.717) is 0 Å². The minimum Gasteiger partial charge on any atom is -0.0622 e. The number of hydrogen-bond donors (Lipinski definition) is 0. The van der Waals surface area contributed by atoms with E-state index in [2.05, 4.69) is 182 Å². The van der Waals surface area contributed by atoms with E-state index < -0.39 is 0 Å². The van der Waals surface area contributed by atoms with Crippen LogP contribution in [0.15, 0.2) is 182 Å². The molecule has 9 aromatic rings. The van der Waals surface area contributed by atoms with E-state index in [0.717, 1.165) is 0 Å². The quantitative estimate of drug-likeness (QED) is 0.181. The van der Waals surface area contributed by atoms with Crippen LogP contribution in [0.4, 0.5) is 0 Å². The van der Waals surface area contributed by atoms with E-state index in [9.17, 15) is 0 Å². The number of hydrogen-bond acceptors (Lipinski definition) is 0. The van der Waals surface area contributed by atoms with Crippen molar-refractivity contribution in [3.63, 3.8) is 0 Å². The highest BCUT2D eigenvalue weighted by molar-refractivity contribution is 6.22. The summed E-state index contributed by atoms with van der Waals surface area (Å²) in [6, 6.07) is 66.5. The van der Waals surface area contributed by atoms with Crippen molar-refractivity contribution >= 4 is 43.1 Å². The van der Waals surface area contributed by atoms with Crippen molar-refractivity contribution in [2.24, 2.45) is 0 Å². The molecule has 0 heteroatoms. The zero-order valence-corrected chi connectivity index (χ0v) is 25.3. The van der Waals surface area contributed by atoms with E-state index in [-0.39, 0.29) is 0 Å². The molecule has 0 N–H and O–H groups in total. The Morgan fingerprint density at radius 3 is 1.46 bits per heavy atom. The second-order valence-corrected chi connectivity index (χ2v) is 12.1. The number of fused-ring (bicyclic) bond motifs is 4. The Kier molecular flexibility index (Phi) is 6.25. The summed E-state index contributed by atoms with van der Waals surface area (Å²) in [5.41, 5.74) is 9.99. The van der Waals surface area contributed by atoms with Gasteiger partial charge in [-0.3, -0.25) is 0 Å². The van der Waals surface area contributed by atoms with Crippen LogP contribution in [-0.2, 0) is 0 Å². The largest absolute Gasteiger partial charge is 0.0622 e. The fourth-order valence-corrected chi connectivity index (χ4v) is 7.27. The van der Waals surface area contributed by atoms with Crippen LogP contribution >= 0.6 is 0 Å². The van der Waals surface area contributed by atoms with Crippen LogP contribution in [0.25, 0.3) is 87.6 Å². The maximum atomic E-state index is 2.41. The normalized spacial score (nSPS) is 11.5. The van der Waals surface area contributed by atoms with E-state index in [1.165, 1.54) is 87.6 Å². The summed E-state index contributed by atoms with van der Waals surface area (Å²) in [5, 5.41) is 10.1. The van der Waals surface area contributed by atoms with Crippen molar-refractivity contribution in [1.82, 2.24) is 0 Å². The van der Waals surface area contributed by atoms with Gasteiger partial charge in [-0.05, 0) is 106 Å². The van der Waals surface area contributed by atoms with Crippen LogP contribution < -0.4 is 0 Å². The standard InChI is InChI=1S/C46H30/c1-2-13-33(14-3-1)45-40-19-6-8-21-42(40)46(43-22-9-7-20-41(43)45)38-27-25-32-16-11-23-39(44(32)30-38)37-18-10-17-35(29-37)36-26-24-31-12-4-5-15-34(31)28-36/h1-30H. The first-order chi connectivity index (χ1) is 22.8. The summed E-state index contributed by atoms with van der Waals surface area (Å²) >= 11 is 0. The Morgan fingerprint density at radius 2 is 0.717 bits per heavy atom. The van der Waals surface area contributed by atoms with Gasteiger partial charge in [-0.1, -0.05) is 164 Å². The van der Waals surface area contributed by atoms with E-state index >= 15 is 0 Å². The highest BCUT2D eigenvalue weighted by Crippen LogP contribution is 2.44. The van der Waals surface area contributed by atoms with E-state index in [4.69, 9.17) is 0 Å². The lowest BCUT2D eigenvalue weighted by Gasteiger charge is -2.18. The average molecular weight is 583 g/mol. The smallest absolute Gasteiger partial charge is 0.00261 e. The molecular formula is C46H30. The second-order valence-electron chi connectivity index (χ2n) is 12.1. The Bertz CT molecular complexity index is 2520. The first-order valence-electron chi connectivity index (χ1n) is 15.9. The summed E-state index contributed by atoms with van der Waals surface area (Å²) < 4.78 is 0. The van der Waals surface area contributed by atoms with Gasteiger partial charge < -0.3 is 0 Å². The van der Waals surface area contributed by atoms with Crippen molar-refractivity contribution in [2.45, 2.75) is 0 Å². The van der Waals surface area contributed by atoms with Crippen LogP contribution in [0.5, 0.6) is 0 Å². The summed E-state index contributed by atoms with van der Waals surface area (Å²) in [6.45, 7) is 0. The zero-order chi connectivity index (χ0) is 30.5. The molecule has 0 nitrogen and oxygen atoms in total. The molecule has 214 valence electrons. The fourth-order valence-electron chi connectivity index (χ4n) is 7.27. The third kappa shape index (κ3) is 4.38. The molecule has 46 heavy (non-hydrogen) atoms. The first-order valence-corrected chi connectivity index (χ1v) is 15.9. The molecule has 0 amide bonds. The van der Waals surface area contributed by atoms with Crippen LogP contribution in [0.3, 0.4) is 0 Å². The number of rotatable bonds is 4. The van der Waals surface area contributed by atoms with Gasteiger partial charge in [-0.25, -0.2) is 0 Å². The molecule has 0 fully saturated rings. The molecule has 0 aliphatic carbocycles. The maximum absolute atomic E-state index is 2.41. The molecule has 0 atom stereocenters. The Morgan fingerprint density at radius 1 is 0.217 bits per heavy atom.